The number of aromatic amines is 1. The number of hydrogen-bond acceptors (Lipinski definition) is 4. The highest BCUT2D eigenvalue weighted by molar-refractivity contribution is 7.84. The molecule has 0 bridgehead atoms. The molecule has 108 valence electrons. The van der Waals surface area contributed by atoms with Crippen molar-refractivity contribution in [2.45, 2.75) is 10.9 Å². The van der Waals surface area contributed by atoms with Crippen LogP contribution in [-0.2, 0) is 16.6 Å². The van der Waals surface area contributed by atoms with Crippen molar-refractivity contribution in [1.82, 2.24) is 9.97 Å². The highest BCUT2D eigenvalue weighted by Gasteiger charge is 2.16. The smallest absolute Gasteiger partial charge is 0.231 e. The first-order valence-electron chi connectivity index (χ1n) is 6.51. The lowest BCUT2D eigenvalue weighted by atomic mass is 10.2. The van der Waals surface area contributed by atoms with Crippen molar-refractivity contribution >= 4 is 21.8 Å². The summed E-state index contributed by atoms with van der Waals surface area (Å²) in [6.07, 6.45) is 0. The van der Waals surface area contributed by atoms with Gasteiger partial charge in [0.05, 0.1) is 27.6 Å². The summed E-state index contributed by atoms with van der Waals surface area (Å²) in [6, 6.07) is 13.2. The molecule has 0 fully saturated rings. The van der Waals surface area contributed by atoms with E-state index in [-0.39, 0.29) is 8.22 Å². The standard InChI is InChI=1S/C15H12N2O3S.H2/c18-21(15-16-11-3-1-2-4-12(11)17-15)8-10-5-6-13-14(7-10)20-9-19-13;/h1-7H,8-9H2,(H,16,17);1H. The molecule has 0 spiro atoms. The topological polar surface area (TPSA) is 64.2 Å². The fourth-order valence-corrected chi connectivity index (χ4v) is 3.33. The van der Waals surface area contributed by atoms with Crippen molar-refractivity contribution in [2.75, 3.05) is 6.79 Å². The average Bonchev–Trinajstić information content (AvgIpc) is 3.13. The van der Waals surface area contributed by atoms with Crippen LogP contribution in [-0.4, -0.2) is 21.0 Å². The van der Waals surface area contributed by atoms with Gasteiger partial charge in [-0.25, -0.2) is 4.98 Å². The highest BCUT2D eigenvalue weighted by Crippen LogP contribution is 2.33. The minimum absolute atomic E-state index is 0. The van der Waals surface area contributed by atoms with Gasteiger partial charge in [0.2, 0.25) is 6.79 Å². The van der Waals surface area contributed by atoms with Gasteiger partial charge in [-0.05, 0) is 29.8 Å². The Morgan fingerprint density at radius 3 is 2.95 bits per heavy atom. The van der Waals surface area contributed by atoms with Crippen molar-refractivity contribution in [1.29, 1.82) is 0 Å². The second-order valence-electron chi connectivity index (χ2n) is 4.74. The third-order valence-electron chi connectivity index (χ3n) is 3.32. The molecule has 0 amide bonds. The molecule has 1 atom stereocenters. The van der Waals surface area contributed by atoms with Crippen LogP contribution in [0.1, 0.15) is 6.99 Å². The molecule has 2 aromatic carbocycles. The molecule has 4 rings (SSSR count). The SMILES string of the molecule is O=S(Cc1ccc2c(c1)OCO2)c1nc2ccccc2[nH]1.[HH]. The molecule has 1 unspecified atom stereocenters. The molecule has 0 saturated carbocycles. The molecule has 6 heteroatoms. The summed E-state index contributed by atoms with van der Waals surface area (Å²) in [4.78, 5) is 7.47. The average molecular weight is 302 g/mol. The second-order valence-corrected chi connectivity index (χ2v) is 6.10. The molecule has 3 aromatic rings. The molecule has 0 saturated heterocycles. The van der Waals surface area contributed by atoms with Gasteiger partial charge in [0, 0.05) is 1.43 Å². The van der Waals surface area contributed by atoms with Crippen LogP contribution in [0.3, 0.4) is 0 Å². The van der Waals surface area contributed by atoms with Crippen LogP contribution in [0, 0.1) is 0 Å². The lowest BCUT2D eigenvalue weighted by molar-refractivity contribution is 0.174. The number of ether oxygens (including phenoxy) is 2. The predicted octanol–water partition coefficient (Wildman–Crippen LogP) is 2.85. The van der Waals surface area contributed by atoms with Crippen molar-refractivity contribution < 1.29 is 15.1 Å². The lowest BCUT2D eigenvalue weighted by Crippen LogP contribution is -1.98. The minimum atomic E-state index is -1.23. The van der Waals surface area contributed by atoms with E-state index in [0.717, 1.165) is 22.3 Å². The van der Waals surface area contributed by atoms with E-state index in [1.54, 1.807) is 0 Å². The quantitative estimate of drug-likeness (QED) is 0.808. The second kappa shape index (κ2) is 4.89. The summed E-state index contributed by atoms with van der Waals surface area (Å²) < 4.78 is 23.0. The zero-order chi connectivity index (χ0) is 14.2. The minimum Gasteiger partial charge on any atom is -0.454 e. The van der Waals surface area contributed by atoms with Crippen LogP contribution >= 0.6 is 0 Å². The Hall–Kier alpha value is -2.34. The number of hydrogen-bond donors (Lipinski definition) is 1. The van der Waals surface area contributed by atoms with Gasteiger partial charge in [-0.2, -0.15) is 0 Å². The van der Waals surface area contributed by atoms with Crippen molar-refractivity contribution in [3.05, 3.63) is 48.0 Å². The van der Waals surface area contributed by atoms with E-state index in [1.807, 2.05) is 42.5 Å². The maximum Gasteiger partial charge on any atom is 0.231 e. The van der Waals surface area contributed by atoms with Crippen LogP contribution < -0.4 is 9.47 Å². The summed E-state index contributed by atoms with van der Waals surface area (Å²) in [6.45, 7) is 0.242. The first-order valence-corrected chi connectivity index (χ1v) is 7.83. The molecule has 1 aromatic heterocycles. The summed E-state index contributed by atoms with van der Waals surface area (Å²) in [7, 11) is -1.23. The molecule has 5 nitrogen and oxygen atoms in total. The van der Waals surface area contributed by atoms with Gasteiger partial charge in [0.1, 0.15) is 0 Å². The van der Waals surface area contributed by atoms with Gasteiger partial charge in [-0.3, -0.25) is 4.21 Å². The largest absolute Gasteiger partial charge is 0.454 e. The maximum absolute atomic E-state index is 12.4. The van der Waals surface area contributed by atoms with E-state index in [0.29, 0.717) is 16.7 Å². The molecule has 0 radical (unpaired) electrons. The number of nitrogens with zero attached hydrogens (tertiary/aromatic N) is 1. The third kappa shape index (κ3) is 2.27. The Bertz CT molecular complexity index is 817. The van der Waals surface area contributed by atoms with Crippen LogP contribution in [0.2, 0.25) is 0 Å². The summed E-state index contributed by atoms with van der Waals surface area (Å²) in [5.41, 5.74) is 2.65. The molecule has 21 heavy (non-hydrogen) atoms. The van der Waals surface area contributed by atoms with E-state index in [2.05, 4.69) is 9.97 Å². The van der Waals surface area contributed by atoms with Gasteiger partial charge < -0.3 is 14.5 Å². The van der Waals surface area contributed by atoms with E-state index in [1.165, 1.54) is 0 Å². The zero-order valence-corrected chi connectivity index (χ0v) is 11.9. The zero-order valence-electron chi connectivity index (χ0n) is 11.0. The number of nitrogens with one attached hydrogen (secondary N) is 1. The molecular weight excluding hydrogens is 288 g/mol. The monoisotopic (exact) mass is 302 g/mol. The van der Waals surface area contributed by atoms with Crippen LogP contribution in [0.15, 0.2) is 47.6 Å². The third-order valence-corrected chi connectivity index (χ3v) is 4.54. The lowest BCUT2D eigenvalue weighted by Gasteiger charge is -2.01. The van der Waals surface area contributed by atoms with Crippen molar-refractivity contribution in [3.8, 4) is 11.5 Å². The number of aromatic nitrogens is 2. The molecule has 1 aliphatic rings. The Morgan fingerprint density at radius 2 is 2.05 bits per heavy atom. The van der Waals surface area contributed by atoms with E-state index in [9.17, 15) is 4.21 Å². The van der Waals surface area contributed by atoms with Crippen LogP contribution in [0.5, 0.6) is 11.5 Å². The number of benzene rings is 2. The number of imidazole rings is 1. The van der Waals surface area contributed by atoms with Gasteiger partial charge in [0.25, 0.3) is 0 Å². The maximum atomic E-state index is 12.4. The van der Waals surface area contributed by atoms with Gasteiger partial charge in [-0.1, -0.05) is 18.2 Å². The summed E-state index contributed by atoms with van der Waals surface area (Å²) >= 11 is 0. The number of rotatable bonds is 3. The van der Waals surface area contributed by atoms with Gasteiger partial charge in [0.15, 0.2) is 16.7 Å². The van der Waals surface area contributed by atoms with Gasteiger partial charge in [-0.15, -0.1) is 0 Å². The molecule has 0 aliphatic carbocycles. The normalized spacial score (nSPS) is 14.5. The molecular formula is C15H14N2O3S. The van der Waals surface area contributed by atoms with E-state index in [4.69, 9.17) is 9.47 Å². The predicted molar refractivity (Wildman–Crippen MR) is 80.9 cm³/mol. The Labute approximate surface area is 124 Å². The first-order chi connectivity index (χ1) is 10.3. The molecule has 1 aliphatic heterocycles. The summed E-state index contributed by atoms with van der Waals surface area (Å²) in [5, 5.41) is 0.494. The Morgan fingerprint density at radius 1 is 1.19 bits per heavy atom. The molecule has 1 N–H and O–H groups in total. The fourth-order valence-electron chi connectivity index (χ4n) is 2.29. The van der Waals surface area contributed by atoms with Gasteiger partial charge >= 0.3 is 0 Å². The number of fused-ring (bicyclic) bond motifs is 2. The van der Waals surface area contributed by atoms with E-state index < -0.39 is 10.8 Å². The fraction of sp³-hybridized carbons (Fsp3) is 0.133. The number of para-hydroxylation sites is 2. The molecule has 2 heterocycles. The van der Waals surface area contributed by atoms with E-state index >= 15 is 0 Å². The first kappa shape index (κ1) is 12.4. The van der Waals surface area contributed by atoms with Crippen LogP contribution in [0.25, 0.3) is 11.0 Å². The van der Waals surface area contributed by atoms with Crippen molar-refractivity contribution in [3.63, 3.8) is 0 Å². The van der Waals surface area contributed by atoms with Crippen LogP contribution in [0.4, 0.5) is 0 Å². The van der Waals surface area contributed by atoms with Crippen molar-refractivity contribution in [2.24, 2.45) is 0 Å². The Kier molecular flexibility index (Phi) is 2.89. The number of H-pyrrole nitrogens is 1. The Balaban J connectivity index is 0.00000144. The summed E-state index contributed by atoms with van der Waals surface area (Å²) in [5.74, 6) is 1.82. The highest BCUT2D eigenvalue weighted by atomic mass is 32.2.